The highest BCUT2D eigenvalue weighted by atomic mass is 19.1. The van der Waals surface area contributed by atoms with E-state index in [0.717, 1.165) is 39.7 Å². The highest BCUT2D eigenvalue weighted by molar-refractivity contribution is 5.97. The second-order valence-electron chi connectivity index (χ2n) is 8.87. The van der Waals surface area contributed by atoms with Crippen molar-refractivity contribution in [1.82, 2.24) is 19.9 Å². The van der Waals surface area contributed by atoms with Gasteiger partial charge in [-0.3, -0.25) is 4.79 Å². The first-order valence-electron chi connectivity index (χ1n) is 12.5. The molecular formula is C30H28FN5O4. The summed E-state index contributed by atoms with van der Waals surface area (Å²) in [6.07, 6.45) is 3.46. The number of nitrogens with zero attached hydrogens (tertiary/aromatic N) is 3. The second kappa shape index (κ2) is 11.7. The molecule has 0 aliphatic rings. The van der Waals surface area contributed by atoms with Crippen molar-refractivity contribution in [3.63, 3.8) is 0 Å². The Hall–Kier alpha value is -5.12. The fourth-order valence-corrected chi connectivity index (χ4v) is 4.40. The number of methoxy groups -OCH3 is 3. The van der Waals surface area contributed by atoms with Gasteiger partial charge in [0.1, 0.15) is 34.9 Å². The summed E-state index contributed by atoms with van der Waals surface area (Å²) in [6, 6.07) is 19.2. The van der Waals surface area contributed by atoms with Gasteiger partial charge in [-0.25, -0.2) is 14.4 Å². The first-order chi connectivity index (χ1) is 19.5. The molecule has 5 rings (SSSR count). The maximum atomic E-state index is 13.7. The number of amides is 1. The Morgan fingerprint density at radius 3 is 2.42 bits per heavy atom. The first kappa shape index (κ1) is 26.5. The minimum atomic E-state index is -0.504. The van der Waals surface area contributed by atoms with E-state index in [2.05, 4.69) is 20.6 Å². The van der Waals surface area contributed by atoms with Crippen molar-refractivity contribution in [2.24, 2.45) is 0 Å². The summed E-state index contributed by atoms with van der Waals surface area (Å²) in [6.45, 7) is 0.754. The van der Waals surface area contributed by atoms with Crippen molar-refractivity contribution >= 4 is 22.8 Å². The Morgan fingerprint density at radius 1 is 0.875 bits per heavy atom. The number of hydrogen-bond donors (Lipinski definition) is 2. The molecule has 0 spiro atoms. The third-order valence-corrected chi connectivity index (χ3v) is 6.49. The molecule has 9 nitrogen and oxygen atoms in total. The van der Waals surface area contributed by atoms with Crippen LogP contribution < -0.4 is 24.8 Å². The number of halogens is 1. The molecule has 2 N–H and O–H groups in total. The molecule has 2 aromatic heterocycles. The molecule has 0 aliphatic carbocycles. The number of benzene rings is 3. The van der Waals surface area contributed by atoms with Gasteiger partial charge >= 0.3 is 0 Å². The van der Waals surface area contributed by atoms with Gasteiger partial charge in [0.15, 0.2) is 5.82 Å². The fraction of sp³-hybridized carbons (Fsp3) is 0.167. The summed E-state index contributed by atoms with van der Waals surface area (Å²) in [5, 5.41) is 6.23. The summed E-state index contributed by atoms with van der Waals surface area (Å²) in [4.78, 5) is 21.5. The normalized spacial score (nSPS) is 10.8. The van der Waals surface area contributed by atoms with Crippen molar-refractivity contribution in [2.45, 2.75) is 13.1 Å². The van der Waals surface area contributed by atoms with Gasteiger partial charge in [-0.2, -0.15) is 0 Å². The van der Waals surface area contributed by atoms with Crippen LogP contribution >= 0.6 is 0 Å². The standard InChI is InChI=1S/C30H28FN5O4/c1-38-23-10-6-20(27(15-23)40-3)17-32-29-28-25(34-18-35-29)12-13-36(28)22-8-4-19(5-9-22)16-33-30(37)24-14-21(31)7-11-26(24)39-2/h4-15,18H,16-17H2,1-3H3,(H,33,37)(H,32,34,35). The smallest absolute Gasteiger partial charge is 0.255 e. The first-order valence-corrected chi connectivity index (χ1v) is 12.5. The number of ether oxygens (including phenoxy) is 3. The third-order valence-electron chi connectivity index (χ3n) is 6.49. The van der Waals surface area contributed by atoms with Crippen LogP contribution in [0, 0.1) is 5.82 Å². The molecule has 0 radical (unpaired) electrons. The number of carbonyl (C=O) groups excluding carboxylic acids is 1. The van der Waals surface area contributed by atoms with Crippen LogP contribution in [0.5, 0.6) is 17.2 Å². The van der Waals surface area contributed by atoms with Crippen molar-refractivity contribution in [1.29, 1.82) is 0 Å². The number of hydrogen-bond acceptors (Lipinski definition) is 7. The van der Waals surface area contributed by atoms with Gasteiger partial charge in [0, 0.05) is 36.6 Å². The molecule has 0 fully saturated rings. The Morgan fingerprint density at radius 2 is 1.68 bits per heavy atom. The van der Waals surface area contributed by atoms with Crippen LogP contribution in [-0.4, -0.2) is 41.8 Å². The summed E-state index contributed by atoms with van der Waals surface area (Å²) in [5.74, 6) is 1.49. The average Bonchev–Trinajstić information content (AvgIpc) is 3.44. The lowest BCUT2D eigenvalue weighted by molar-refractivity contribution is 0.0947. The zero-order valence-corrected chi connectivity index (χ0v) is 22.3. The summed E-state index contributed by atoms with van der Waals surface area (Å²) < 4.78 is 31.7. The van der Waals surface area contributed by atoms with Crippen LogP contribution in [0.4, 0.5) is 10.2 Å². The summed E-state index contributed by atoms with van der Waals surface area (Å²) >= 11 is 0. The topological polar surface area (TPSA) is 99.5 Å². The van der Waals surface area contributed by atoms with E-state index in [1.807, 2.05) is 59.3 Å². The minimum Gasteiger partial charge on any atom is -0.497 e. The molecule has 5 aromatic rings. The fourth-order valence-electron chi connectivity index (χ4n) is 4.40. The quantitative estimate of drug-likeness (QED) is 0.253. The molecule has 2 heterocycles. The van der Waals surface area contributed by atoms with Crippen LogP contribution in [0.2, 0.25) is 0 Å². The molecule has 10 heteroatoms. The summed E-state index contributed by atoms with van der Waals surface area (Å²) in [5.41, 5.74) is 4.50. The molecule has 0 aliphatic heterocycles. The van der Waals surface area contributed by atoms with Gasteiger partial charge in [0.05, 0.1) is 32.4 Å². The Labute approximate surface area is 230 Å². The predicted molar refractivity (Wildman–Crippen MR) is 150 cm³/mol. The van der Waals surface area contributed by atoms with E-state index in [0.29, 0.717) is 23.9 Å². The molecule has 1 amide bonds. The number of aromatic nitrogens is 3. The van der Waals surface area contributed by atoms with Gasteiger partial charge in [0.25, 0.3) is 5.91 Å². The van der Waals surface area contributed by atoms with E-state index in [4.69, 9.17) is 14.2 Å². The lowest BCUT2D eigenvalue weighted by atomic mass is 10.1. The number of rotatable bonds is 10. The Balaban J connectivity index is 1.32. The van der Waals surface area contributed by atoms with Crippen molar-refractivity contribution < 1.29 is 23.4 Å². The van der Waals surface area contributed by atoms with E-state index in [1.54, 1.807) is 14.2 Å². The molecule has 0 unspecified atom stereocenters. The zero-order valence-electron chi connectivity index (χ0n) is 22.3. The highest BCUT2D eigenvalue weighted by Crippen LogP contribution is 2.28. The Kier molecular flexibility index (Phi) is 7.77. The van der Waals surface area contributed by atoms with Gasteiger partial charge in [-0.15, -0.1) is 0 Å². The monoisotopic (exact) mass is 541 g/mol. The molecule has 40 heavy (non-hydrogen) atoms. The maximum absolute atomic E-state index is 13.7. The minimum absolute atomic E-state index is 0.144. The average molecular weight is 542 g/mol. The molecule has 0 atom stereocenters. The van der Waals surface area contributed by atoms with Gasteiger partial charge < -0.3 is 29.4 Å². The van der Waals surface area contributed by atoms with E-state index in [-0.39, 0.29) is 12.1 Å². The van der Waals surface area contributed by atoms with E-state index >= 15 is 0 Å². The summed E-state index contributed by atoms with van der Waals surface area (Å²) in [7, 11) is 4.68. The molecule has 0 saturated heterocycles. The lowest BCUT2D eigenvalue weighted by Gasteiger charge is -2.14. The van der Waals surface area contributed by atoms with E-state index in [1.165, 1.54) is 25.6 Å². The molecular weight excluding hydrogens is 513 g/mol. The van der Waals surface area contributed by atoms with Crippen molar-refractivity contribution in [3.8, 4) is 22.9 Å². The van der Waals surface area contributed by atoms with Crippen molar-refractivity contribution in [3.05, 3.63) is 102 Å². The molecule has 3 aromatic carbocycles. The van der Waals surface area contributed by atoms with Gasteiger partial charge in [0.2, 0.25) is 0 Å². The highest BCUT2D eigenvalue weighted by Gasteiger charge is 2.15. The van der Waals surface area contributed by atoms with Gasteiger partial charge in [-0.05, 0) is 54.1 Å². The van der Waals surface area contributed by atoms with Gasteiger partial charge in [-0.1, -0.05) is 12.1 Å². The second-order valence-corrected chi connectivity index (χ2v) is 8.87. The zero-order chi connectivity index (χ0) is 28.1. The van der Waals surface area contributed by atoms with Crippen LogP contribution in [0.3, 0.4) is 0 Å². The Bertz CT molecular complexity index is 1650. The maximum Gasteiger partial charge on any atom is 0.255 e. The number of anilines is 1. The van der Waals surface area contributed by atoms with Crippen molar-refractivity contribution in [2.75, 3.05) is 26.6 Å². The molecule has 204 valence electrons. The SMILES string of the molecule is COc1ccc(CNc2ncnc3ccn(-c4ccc(CNC(=O)c5cc(F)ccc5OC)cc4)c23)c(OC)c1. The van der Waals surface area contributed by atoms with E-state index in [9.17, 15) is 9.18 Å². The lowest BCUT2D eigenvalue weighted by Crippen LogP contribution is -2.23. The van der Waals surface area contributed by atoms with Crippen LogP contribution in [0.1, 0.15) is 21.5 Å². The van der Waals surface area contributed by atoms with Crippen LogP contribution in [-0.2, 0) is 13.1 Å². The molecule has 0 bridgehead atoms. The largest absolute Gasteiger partial charge is 0.497 e. The third kappa shape index (κ3) is 5.51. The van der Waals surface area contributed by atoms with Crippen LogP contribution in [0.15, 0.2) is 79.3 Å². The number of fused-ring (bicyclic) bond motifs is 1. The molecule has 0 saturated carbocycles. The predicted octanol–water partition coefficient (Wildman–Crippen LogP) is 5.13. The number of carbonyl (C=O) groups is 1. The van der Waals surface area contributed by atoms with Crippen LogP contribution in [0.25, 0.3) is 16.7 Å². The van der Waals surface area contributed by atoms with E-state index < -0.39 is 11.7 Å². The number of nitrogens with one attached hydrogen (secondary N) is 2.